The van der Waals surface area contributed by atoms with Crippen molar-refractivity contribution < 1.29 is 19.5 Å². The van der Waals surface area contributed by atoms with Crippen molar-refractivity contribution in [2.75, 3.05) is 0 Å². The highest BCUT2D eigenvalue weighted by Crippen LogP contribution is 1.93. The minimum absolute atomic E-state index is 0.172. The van der Waals surface area contributed by atoms with E-state index in [1.165, 1.54) is 13.8 Å². The lowest BCUT2D eigenvalue weighted by molar-refractivity contribution is -0.143. The zero-order valence-corrected chi connectivity index (χ0v) is 8.96. The summed E-state index contributed by atoms with van der Waals surface area (Å²) in [6.07, 6.45) is -0.172. The molecule has 0 aromatic heterocycles. The summed E-state index contributed by atoms with van der Waals surface area (Å²) in [6, 6.07) is -1.10. The largest absolute Gasteiger partial charge is 0.480 e. The second-order valence-electron chi connectivity index (χ2n) is 2.50. The molecule has 0 unspecified atom stereocenters. The lowest BCUT2D eigenvalue weighted by atomic mass is 10.1. The predicted octanol–water partition coefficient (Wildman–Crippen LogP) is 0.581. The Balaban J connectivity index is 0. The van der Waals surface area contributed by atoms with Crippen LogP contribution in [0.3, 0.4) is 0 Å². The van der Waals surface area contributed by atoms with Gasteiger partial charge in [-0.15, -0.1) is 0 Å². The van der Waals surface area contributed by atoms with Crippen LogP contribution in [0.4, 0.5) is 0 Å². The molecule has 0 spiro atoms. The number of carboxylic acids is 1. The highest BCUT2D eigenvalue weighted by molar-refractivity contribution is 5.87. The van der Waals surface area contributed by atoms with Crippen LogP contribution in [0.5, 0.6) is 0 Å². The summed E-state index contributed by atoms with van der Waals surface area (Å²) in [7, 11) is 0. The molecular weight excluding hydrogens is 186 g/mol. The van der Waals surface area contributed by atoms with Crippen LogP contribution in [-0.2, 0) is 14.4 Å². The van der Waals surface area contributed by atoms with Crippen molar-refractivity contribution in [3.05, 3.63) is 0 Å². The second kappa shape index (κ2) is 8.22. The fourth-order valence-electron chi connectivity index (χ4n) is 0.733. The standard InChI is InChI=1S/C7H11NO4.C2H6/c1-4(9)3-6(7(11)12)8-5(2)10;1-2/h6H,3H2,1-2H3,(H,8,10)(H,11,12);1-2H3/t6-;/m0./s1. The van der Waals surface area contributed by atoms with Gasteiger partial charge in [0.05, 0.1) is 0 Å². The minimum atomic E-state index is -1.19. The third-order valence-corrected chi connectivity index (χ3v) is 1.17. The lowest BCUT2D eigenvalue weighted by Gasteiger charge is -2.10. The van der Waals surface area contributed by atoms with Crippen LogP contribution in [0, 0.1) is 0 Å². The molecule has 14 heavy (non-hydrogen) atoms. The molecule has 2 N–H and O–H groups in total. The van der Waals surface area contributed by atoms with Gasteiger partial charge in [-0.2, -0.15) is 0 Å². The summed E-state index contributed by atoms with van der Waals surface area (Å²) in [5, 5.41) is 10.7. The van der Waals surface area contributed by atoms with Crippen molar-refractivity contribution in [3.8, 4) is 0 Å². The zero-order chi connectivity index (χ0) is 11.7. The van der Waals surface area contributed by atoms with Gasteiger partial charge in [0.2, 0.25) is 5.91 Å². The summed E-state index contributed by atoms with van der Waals surface area (Å²) in [4.78, 5) is 31.4. The molecule has 0 bridgehead atoms. The topological polar surface area (TPSA) is 83.5 Å². The number of carboxylic acid groups (broad SMARTS) is 1. The Kier molecular flexibility index (Phi) is 8.86. The van der Waals surface area contributed by atoms with Crippen LogP contribution < -0.4 is 5.32 Å². The van der Waals surface area contributed by atoms with Gasteiger partial charge in [-0.3, -0.25) is 9.59 Å². The molecule has 0 aromatic carbocycles. The smallest absolute Gasteiger partial charge is 0.326 e. The van der Waals surface area contributed by atoms with Crippen molar-refractivity contribution in [2.24, 2.45) is 0 Å². The van der Waals surface area contributed by atoms with Crippen LogP contribution in [0.15, 0.2) is 0 Å². The van der Waals surface area contributed by atoms with Gasteiger partial charge in [-0.1, -0.05) is 13.8 Å². The molecule has 5 nitrogen and oxygen atoms in total. The number of ketones is 1. The van der Waals surface area contributed by atoms with Gasteiger partial charge in [-0.05, 0) is 6.92 Å². The first-order valence-electron chi connectivity index (χ1n) is 4.43. The zero-order valence-electron chi connectivity index (χ0n) is 8.96. The maximum absolute atomic E-state index is 10.5. The third-order valence-electron chi connectivity index (χ3n) is 1.17. The number of hydrogen-bond donors (Lipinski definition) is 2. The molecular formula is C9H17NO4. The maximum atomic E-state index is 10.5. The molecule has 5 heteroatoms. The highest BCUT2D eigenvalue weighted by Gasteiger charge is 2.19. The molecule has 0 heterocycles. The first-order chi connectivity index (χ1) is 6.43. The van der Waals surface area contributed by atoms with Crippen molar-refractivity contribution in [2.45, 2.75) is 40.2 Å². The summed E-state index contributed by atoms with van der Waals surface area (Å²) >= 11 is 0. The first kappa shape index (κ1) is 15.1. The number of rotatable bonds is 4. The number of nitrogens with one attached hydrogen (secondary N) is 1. The lowest BCUT2D eigenvalue weighted by Crippen LogP contribution is -2.40. The summed E-state index contributed by atoms with van der Waals surface area (Å²) in [5.74, 6) is -1.92. The molecule has 82 valence electrons. The first-order valence-corrected chi connectivity index (χ1v) is 4.43. The van der Waals surface area contributed by atoms with Gasteiger partial charge in [-0.25, -0.2) is 4.79 Å². The summed E-state index contributed by atoms with van der Waals surface area (Å²) < 4.78 is 0. The highest BCUT2D eigenvalue weighted by atomic mass is 16.4. The number of aliphatic carboxylic acids is 1. The molecule has 1 atom stereocenters. The fraction of sp³-hybridized carbons (Fsp3) is 0.667. The third kappa shape index (κ3) is 8.70. The van der Waals surface area contributed by atoms with Crippen LogP contribution in [0.2, 0.25) is 0 Å². The molecule has 0 saturated carbocycles. The summed E-state index contributed by atoms with van der Waals surface area (Å²) in [5.41, 5.74) is 0. The molecule has 0 saturated heterocycles. The van der Waals surface area contributed by atoms with E-state index < -0.39 is 17.9 Å². The van der Waals surface area contributed by atoms with Crippen LogP contribution in [-0.4, -0.2) is 28.8 Å². The van der Waals surface area contributed by atoms with E-state index in [4.69, 9.17) is 5.11 Å². The van der Waals surface area contributed by atoms with Crippen molar-refractivity contribution in [1.82, 2.24) is 5.32 Å². The van der Waals surface area contributed by atoms with E-state index in [1.807, 2.05) is 13.8 Å². The Hall–Kier alpha value is -1.39. The molecule has 1 amide bonds. The molecule has 0 aliphatic rings. The van der Waals surface area contributed by atoms with Gasteiger partial charge in [0, 0.05) is 13.3 Å². The van der Waals surface area contributed by atoms with Crippen molar-refractivity contribution in [1.29, 1.82) is 0 Å². The Bertz CT molecular complexity index is 197. The SMILES string of the molecule is CC.CC(=O)C[C@H](NC(C)=O)C(=O)O. The Morgan fingerprint density at radius 3 is 1.86 bits per heavy atom. The van der Waals surface area contributed by atoms with Crippen LogP contribution in [0.1, 0.15) is 34.1 Å². The van der Waals surface area contributed by atoms with Gasteiger partial charge >= 0.3 is 5.97 Å². The number of Topliss-reactive ketones (excluding diaryl/α,β-unsaturated/α-hetero) is 1. The van der Waals surface area contributed by atoms with E-state index in [9.17, 15) is 14.4 Å². The Morgan fingerprint density at radius 2 is 1.64 bits per heavy atom. The fourth-order valence-corrected chi connectivity index (χ4v) is 0.733. The number of carbonyl (C=O) groups excluding carboxylic acids is 2. The predicted molar refractivity (Wildman–Crippen MR) is 51.9 cm³/mol. The van der Waals surface area contributed by atoms with Crippen molar-refractivity contribution in [3.63, 3.8) is 0 Å². The van der Waals surface area contributed by atoms with Gasteiger partial charge in [0.1, 0.15) is 11.8 Å². The Morgan fingerprint density at radius 1 is 1.21 bits per heavy atom. The van der Waals surface area contributed by atoms with E-state index in [0.717, 1.165) is 0 Å². The summed E-state index contributed by atoms with van der Waals surface area (Å²) in [6.45, 7) is 6.48. The normalized spacial score (nSPS) is 10.6. The quantitative estimate of drug-likeness (QED) is 0.700. The van der Waals surface area contributed by atoms with E-state index >= 15 is 0 Å². The average Bonchev–Trinajstić information content (AvgIpc) is 2.05. The van der Waals surface area contributed by atoms with Gasteiger partial charge in [0.15, 0.2) is 0 Å². The van der Waals surface area contributed by atoms with E-state index in [1.54, 1.807) is 0 Å². The van der Waals surface area contributed by atoms with E-state index in [0.29, 0.717) is 0 Å². The Labute approximate surface area is 83.5 Å². The van der Waals surface area contributed by atoms with Crippen molar-refractivity contribution >= 4 is 17.7 Å². The molecule has 0 fully saturated rings. The molecule has 0 rings (SSSR count). The number of hydrogen-bond acceptors (Lipinski definition) is 3. The molecule has 0 aromatic rings. The number of amides is 1. The maximum Gasteiger partial charge on any atom is 0.326 e. The second-order valence-corrected chi connectivity index (χ2v) is 2.50. The number of carbonyl (C=O) groups is 3. The average molecular weight is 203 g/mol. The molecule has 0 aliphatic heterocycles. The van der Waals surface area contributed by atoms with E-state index in [2.05, 4.69) is 5.32 Å². The van der Waals surface area contributed by atoms with Gasteiger partial charge < -0.3 is 10.4 Å². The molecule has 0 aliphatic carbocycles. The monoisotopic (exact) mass is 203 g/mol. The minimum Gasteiger partial charge on any atom is -0.480 e. The molecule has 0 radical (unpaired) electrons. The van der Waals surface area contributed by atoms with Crippen LogP contribution >= 0.6 is 0 Å². The van der Waals surface area contributed by atoms with E-state index in [-0.39, 0.29) is 12.2 Å². The van der Waals surface area contributed by atoms with Crippen LogP contribution in [0.25, 0.3) is 0 Å². The van der Waals surface area contributed by atoms with Gasteiger partial charge in [0.25, 0.3) is 0 Å².